The lowest BCUT2D eigenvalue weighted by atomic mass is 10.0. The van der Waals surface area contributed by atoms with Crippen molar-refractivity contribution in [2.45, 2.75) is 54.9 Å². The van der Waals surface area contributed by atoms with Gasteiger partial charge in [0.2, 0.25) is 0 Å². The quantitative estimate of drug-likeness (QED) is 0.516. The van der Waals surface area contributed by atoms with Crippen LogP contribution in [0.2, 0.25) is 0 Å². The second-order valence-electron chi connectivity index (χ2n) is 2.75. The van der Waals surface area contributed by atoms with Gasteiger partial charge >= 0.3 is 0 Å². The van der Waals surface area contributed by atoms with E-state index < -0.39 is 0 Å². The molecule has 80 valence electrons. The van der Waals surface area contributed by atoms with Gasteiger partial charge in [-0.3, -0.25) is 0 Å². The van der Waals surface area contributed by atoms with Crippen molar-refractivity contribution in [3.05, 3.63) is 24.3 Å². The Morgan fingerprint density at radius 2 is 1.62 bits per heavy atom. The first-order valence-corrected chi connectivity index (χ1v) is 5.33. The van der Waals surface area contributed by atoms with Gasteiger partial charge in [0, 0.05) is 0 Å². The summed E-state index contributed by atoms with van der Waals surface area (Å²) >= 11 is 0. The largest absolute Gasteiger partial charge is 0.103 e. The molecule has 0 saturated carbocycles. The Balaban J connectivity index is -0.000000169. The summed E-state index contributed by atoms with van der Waals surface area (Å²) in [5, 5.41) is 0. The third kappa shape index (κ3) is 18.4. The molecule has 0 bridgehead atoms. The van der Waals surface area contributed by atoms with Crippen LogP contribution in [0.1, 0.15) is 54.9 Å². The zero-order valence-electron chi connectivity index (χ0n) is 10.6. The van der Waals surface area contributed by atoms with Crippen molar-refractivity contribution in [3.8, 4) is 0 Å². The zero-order valence-corrected chi connectivity index (χ0v) is 10.6. The van der Waals surface area contributed by atoms with Crippen molar-refractivity contribution in [3.63, 3.8) is 0 Å². The number of allylic oxidation sites excluding steroid dienone is 3. The molecule has 0 heterocycles. The van der Waals surface area contributed by atoms with Crippen molar-refractivity contribution >= 4 is 0 Å². The maximum absolute atomic E-state index is 3.36. The van der Waals surface area contributed by atoms with Gasteiger partial charge in [0.15, 0.2) is 0 Å². The molecule has 0 saturated heterocycles. The first kappa shape index (κ1) is 18.3. The summed E-state index contributed by atoms with van der Waals surface area (Å²) in [6.07, 6.45) is 5.20. The third-order valence-electron chi connectivity index (χ3n) is 1.85. The van der Waals surface area contributed by atoms with Gasteiger partial charge in [-0.05, 0) is 33.1 Å². The molecule has 0 aliphatic carbocycles. The summed E-state index contributed by atoms with van der Waals surface area (Å²) in [5.74, 6) is 0.778. The predicted octanol–water partition coefficient (Wildman–Crippen LogP) is 5.22. The molecule has 0 aromatic carbocycles. The molecule has 0 heteroatoms. The first-order valence-electron chi connectivity index (χ1n) is 5.33. The molecule has 0 spiro atoms. The topological polar surface area (TPSA) is 0 Å². The molecule has 0 aliphatic heterocycles. The van der Waals surface area contributed by atoms with Crippen LogP contribution in [0.25, 0.3) is 0 Å². The predicted molar refractivity (Wildman–Crippen MR) is 66.1 cm³/mol. The molecular weight excluding hydrogens is 156 g/mol. The van der Waals surface area contributed by atoms with E-state index in [1.807, 2.05) is 20.8 Å². The molecule has 0 N–H and O–H groups in total. The molecule has 0 fully saturated rings. The highest BCUT2D eigenvalue weighted by Gasteiger charge is 1.96. The molecule has 0 amide bonds. The molecular formula is C13H28. The smallest absolute Gasteiger partial charge is 0.0237 e. The number of rotatable bonds is 2. The lowest BCUT2D eigenvalue weighted by Gasteiger charge is -2.06. The number of hydrogen-bond acceptors (Lipinski definition) is 0. The van der Waals surface area contributed by atoms with E-state index in [0.29, 0.717) is 0 Å². The van der Waals surface area contributed by atoms with E-state index in [0.717, 1.165) is 5.92 Å². The Kier molecular flexibility index (Phi) is 24.7. The molecule has 0 nitrogen and oxygen atoms in total. The second kappa shape index (κ2) is 17.5. The average molecular weight is 184 g/mol. The molecule has 0 rings (SSSR count). The molecule has 0 radical (unpaired) electrons. The highest BCUT2D eigenvalue weighted by atomic mass is 14.0. The van der Waals surface area contributed by atoms with Crippen LogP contribution in [0.4, 0.5) is 0 Å². The monoisotopic (exact) mass is 184 g/mol. The Bertz CT molecular complexity index is 109. The Labute approximate surface area is 85.8 Å². The van der Waals surface area contributed by atoms with Crippen molar-refractivity contribution < 1.29 is 0 Å². The average Bonchev–Trinajstić information content (AvgIpc) is 2.19. The maximum atomic E-state index is 3.36. The van der Waals surface area contributed by atoms with Gasteiger partial charge in [-0.25, -0.2) is 0 Å². The van der Waals surface area contributed by atoms with E-state index in [1.54, 1.807) is 6.08 Å². The van der Waals surface area contributed by atoms with Crippen LogP contribution < -0.4 is 0 Å². The van der Waals surface area contributed by atoms with Crippen LogP contribution in [0, 0.1) is 5.92 Å². The molecule has 13 heavy (non-hydrogen) atoms. The van der Waals surface area contributed by atoms with E-state index in [-0.39, 0.29) is 0 Å². The van der Waals surface area contributed by atoms with Crippen LogP contribution in [-0.2, 0) is 0 Å². The molecule has 0 aromatic heterocycles. The van der Waals surface area contributed by atoms with E-state index in [9.17, 15) is 0 Å². The fraction of sp³-hybridized carbons (Fsp3) is 0.692. The van der Waals surface area contributed by atoms with Crippen LogP contribution in [0.5, 0.6) is 0 Å². The summed E-state index contributed by atoms with van der Waals surface area (Å²) in [4.78, 5) is 0. The molecule has 0 aliphatic rings. The molecule has 1 atom stereocenters. The summed E-state index contributed by atoms with van der Waals surface area (Å²) in [5.41, 5.74) is 1.51. The van der Waals surface area contributed by atoms with Crippen LogP contribution in [0.15, 0.2) is 24.3 Å². The van der Waals surface area contributed by atoms with Gasteiger partial charge < -0.3 is 0 Å². The van der Waals surface area contributed by atoms with Crippen molar-refractivity contribution in [1.82, 2.24) is 0 Å². The minimum Gasteiger partial charge on any atom is -0.103 e. The zero-order chi connectivity index (χ0) is 11.3. The standard InChI is InChI=1S/C8H16.C3H6.C2H6/c1-5-7(3)8(4)6-2;1-3-2;1-2/h5,8H,6H2,1-4H3;3H,1H2,2H3;1-2H3/b7-5+;;. The highest BCUT2D eigenvalue weighted by Crippen LogP contribution is 2.11. The third-order valence-corrected chi connectivity index (χ3v) is 1.85. The summed E-state index contributed by atoms with van der Waals surface area (Å²) in [6.45, 7) is 18.0. The van der Waals surface area contributed by atoms with Gasteiger partial charge in [-0.1, -0.05) is 45.4 Å². The van der Waals surface area contributed by atoms with E-state index >= 15 is 0 Å². The van der Waals surface area contributed by atoms with E-state index in [4.69, 9.17) is 0 Å². The van der Waals surface area contributed by atoms with Gasteiger partial charge in [-0.2, -0.15) is 0 Å². The first-order chi connectivity index (χ1) is 6.13. The van der Waals surface area contributed by atoms with Crippen LogP contribution in [0.3, 0.4) is 0 Å². The lowest BCUT2D eigenvalue weighted by Crippen LogP contribution is -1.91. The van der Waals surface area contributed by atoms with Crippen LogP contribution >= 0.6 is 0 Å². The van der Waals surface area contributed by atoms with Crippen molar-refractivity contribution in [2.75, 3.05) is 0 Å². The lowest BCUT2D eigenvalue weighted by molar-refractivity contribution is 0.654. The van der Waals surface area contributed by atoms with Crippen molar-refractivity contribution in [2.24, 2.45) is 5.92 Å². The minimum atomic E-state index is 0.778. The van der Waals surface area contributed by atoms with Crippen LogP contribution in [-0.4, -0.2) is 0 Å². The summed E-state index contributed by atoms with van der Waals surface area (Å²) < 4.78 is 0. The SMILES string of the molecule is C/C=C(\C)C(C)CC.C=CC.CC. The fourth-order valence-corrected chi connectivity index (χ4v) is 0.606. The normalized spacial score (nSPS) is 11.5. The molecule has 1 unspecified atom stereocenters. The Hall–Kier alpha value is -0.520. The summed E-state index contributed by atoms with van der Waals surface area (Å²) in [7, 11) is 0. The van der Waals surface area contributed by atoms with Gasteiger partial charge in [0.1, 0.15) is 0 Å². The molecule has 0 aromatic rings. The van der Waals surface area contributed by atoms with Gasteiger partial charge in [0.25, 0.3) is 0 Å². The van der Waals surface area contributed by atoms with E-state index in [1.165, 1.54) is 12.0 Å². The van der Waals surface area contributed by atoms with Gasteiger partial charge in [0.05, 0.1) is 0 Å². The Morgan fingerprint density at radius 1 is 1.31 bits per heavy atom. The second-order valence-corrected chi connectivity index (χ2v) is 2.75. The minimum absolute atomic E-state index is 0.778. The highest BCUT2D eigenvalue weighted by molar-refractivity contribution is 4.99. The summed E-state index contributed by atoms with van der Waals surface area (Å²) in [6, 6.07) is 0. The van der Waals surface area contributed by atoms with Crippen molar-refractivity contribution in [1.29, 1.82) is 0 Å². The van der Waals surface area contributed by atoms with E-state index in [2.05, 4.69) is 40.3 Å². The maximum Gasteiger partial charge on any atom is -0.0237 e. The van der Waals surface area contributed by atoms with Gasteiger partial charge in [-0.15, -0.1) is 6.58 Å². The number of hydrogen-bond donors (Lipinski definition) is 0. The Morgan fingerprint density at radius 3 is 1.69 bits per heavy atom. The fourth-order valence-electron chi connectivity index (χ4n) is 0.606.